The fourth-order valence-corrected chi connectivity index (χ4v) is 3.88. The first kappa shape index (κ1) is 13.6. The molecule has 0 aromatic carbocycles. The molecule has 2 aliphatic rings. The number of hydrogen-bond acceptors (Lipinski definition) is 4. The van der Waals surface area contributed by atoms with Gasteiger partial charge in [0.1, 0.15) is 11.8 Å². The number of aromatic nitrogens is 1. The van der Waals surface area contributed by atoms with Crippen LogP contribution in [0.25, 0.3) is 0 Å². The molecule has 1 saturated heterocycles. The van der Waals surface area contributed by atoms with Gasteiger partial charge in [0.15, 0.2) is 6.39 Å². The van der Waals surface area contributed by atoms with Gasteiger partial charge in [-0.3, -0.25) is 9.69 Å². The van der Waals surface area contributed by atoms with E-state index >= 15 is 0 Å². The lowest BCUT2D eigenvalue weighted by atomic mass is 9.76. The zero-order chi connectivity index (χ0) is 14.1. The van der Waals surface area contributed by atoms with Crippen LogP contribution in [0.5, 0.6) is 0 Å². The van der Waals surface area contributed by atoms with Gasteiger partial charge in [-0.2, -0.15) is 0 Å². The normalized spacial score (nSPS) is 30.9. The Hall–Kier alpha value is -1.36. The molecule has 1 N–H and O–H groups in total. The van der Waals surface area contributed by atoms with E-state index in [-0.39, 0.29) is 6.04 Å². The first-order chi connectivity index (χ1) is 9.66. The second-order valence-corrected chi connectivity index (χ2v) is 6.07. The number of carboxylic acids is 1. The van der Waals surface area contributed by atoms with Crippen LogP contribution in [0.15, 0.2) is 10.8 Å². The summed E-state index contributed by atoms with van der Waals surface area (Å²) in [6, 6.07) is 0.0279. The van der Waals surface area contributed by atoms with Crippen molar-refractivity contribution in [2.45, 2.75) is 64.1 Å². The highest BCUT2D eigenvalue weighted by atomic mass is 16.4. The summed E-state index contributed by atoms with van der Waals surface area (Å²) in [7, 11) is 0. The number of likely N-dealkylation sites (tertiary alicyclic amines) is 1. The lowest BCUT2D eigenvalue weighted by Gasteiger charge is -2.47. The van der Waals surface area contributed by atoms with Crippen molar-refractivity contribution in [1.82, 2.24) is 9.88 Å². The molecule has 5 heteroatoms. The van der Waals surface area contributed by atoms with E-state index in [9.17, 15) is 9.90 Å². The van der Waals surface area contributed by atoms with Crippen molar-refractivity contribution in [3.8, 4) is 0 Å². The second kappa shape index (κ2) is 5.56. The predicted octanol–water partition coefficient (Wildman–Crippen LogP) is 2.59. The predicted molar refractivity (Wildman–Crippen MR) is 73.2 cm³/mol. The van der Waals surface area contributed by atoms with Gasteiger partial charge in [0.05, 0.1) is 5.69 Å². The van der Waals surface area contributed by atoms with Crippen LogP contribution < -0.4 is 0 Å². The Labute approximate surface area is 119 Å². The average molecular weight is 278 g/mol. The van der Waals surface area contributed by atoms with Crippen molar-refractivity contribution in [3.63, 3.8) is 0 Å². The van der Waals surface area contributed by atoms with Gasteiger partial charge in [-0.25, -0.2) is 4.98 Å². The van der Waals surface area contributed by atoms with E-state index in [2.05, 4.69) is 9.88 Å². The molecule has 5 nitrogen and oxygen atoms in total. The van der Waals surface area contributed by atoms with Gasteiger partial charge < -0.3 is 9.52 Å². The minimum atomic E-state index is -0.699. The average Bonchev–Trinajstić information content (AvgIpc) is 2.84. The van der Waals surface area contributed by atoms with Crippen molar-refractivity contribution < 1.29 is 14.3 Å². The fourth-order valence-electron chi connectivity index (χ4n) is 3.88. The highest BCUT2D eigenvalue weighted by Gasteiger charge is 2.41. The molecular weight excluding hydrogens is 256 g/mol. The van der Waals surface area contributed by atoms with Gasteiger partial charge in [-0.1, -0.05) is 12.8 Å². The molecule has 3 unspecified atom stereocenters. The van der Waals surface area contributed by atoms with Crippen LogP contribution in [0.2, 0.25) is 0 Å². The SMILES string of the molecule is Cc1ocnc1CN1C(C(=O)O)CCC2CCCCC21. The Morgan fingerprint density at radius 3 is 2.90 bits per heavy atom. The summed E-state index contributed by atoms with van der Waals surface area (Å²) in [6.45, 7) is 2.49. The van der Waals surface area contributed by atoms with E-state index < -0.39 is 5.97 Å². The van der Waals surface area contributed by atoms with Gasteiger partial charge in [0, 0.05) is 12.6 Å². The fraction of sp³-hybridized carbons (Fsp3) is 0.733. The molecule has 3 atom stereocenters. The Morgan fingerprint density at radius 1 is 1.40 bits per heavy atom. The van der Waals surface area contributed by atoms with E-state index in [1.54, 1.807) is 0 Å². The van der Waals surface area contributed by atoms with Crippen molar-refractivity contribution in [1.29, 1.82) is 0 Å². The number of nitrogens with zero attached hydrogens (tertiary/aromatic N) is 2. The Morgan fingerprint density at radius 2 is 2.20 bits per heavy atom. The molecule has 1 aromatic heterocycles. The molecule has 0 amide bonds. The second-order valence-electron chi connectivity index (χ2n) is 6.07. The van der Waals surface area contributed by atoms with Crippen molar-refractivity contribution in [2.24, 2.45) is 5.92 Å². The third-order valence-corrected chi connectivity index (χ3v) is 4.97. The minimum Gasteiger partial charge on any atom is -0.480 e. The van der Waals surface area contributed by atoms with E-state index in [1.165, 1.54) is 25.7 Å². The summed E-state index contributed by atoms with van der Waals surface area (Å²) in [6.07, 6.45) is 8.11. The number of rotatable bonds is 3. The quantitative estimate of drug-likeness (QED) is 0.920. The molecule has 3 rings (SSSR count). The molecule has 2 fully saturated rings. The van der Waals surface area contributed by atoms with Gasteiger partial charge in [-0.15, -0.1) is 0 Å². The van der Waals surface area contributed by atoms with Crippen LogP contribution in [0.1, 0.15) is 50.0 Å². The van der Waals surface area contributed by atoms with Crippen molar-refractivity contribution >= 4 is 5.97 Å². The number of fused-ring (bicyclic) bond motifs is 1. The lowest BCUT2D eigenvalue weighted by Crippen LogP contribution is -2.54. The highest BCUT2D eigenvalue weighted by Crippen LogP contribution is 2.38. The molecule has 1 aliphatic heterocycles. The van der Waals surface area contributed by atoms with Crippen LogP contribution in [0.3, 0.4) is 0 Å². The van der Waals surface area contributed by atoms with E-state index in [0.29, 0.717) is 18.5 Å². The maximum absolute atomic E-state index is 11.6. The van der Waals surface area contributed by atoms with E-state index in [0.717, 1.165) is 30.7 Å². The Kier molecular flexibility index (Phi) is 3.78. The van der Waals surface area contributed by atoms with Crippen LogP contribution in [0.4, 0.5) is 0 Å². The first-order valence-corrected chi connectivity index (χ1v) is 7.54. The zero-order valence-electron chi connectivity index (χ0n) is 11.9. The maximum Gasteiger partial charge on any atom is 0.320 e. The number of oxazole rings is 1. The number of piperidine rings is 1. The Balaban J connectivity index is 1.84. The van der Waals surface area contributed by atoms with E-state index in [4.69, 9.17) is 4.42 Å². The molecule has 20 heavy (non-hydrogen) atoms. The third-order valence-electron chi connectivity index (χ3n) is 4.97. The summed E-state index contributed by atoms with van der Waals surface area (Å²) < 4.78 is 5.25. The van der Waals surface area contributed by atoms with Gasteiger partial charge >= 0.3 is 5.97 Å². The smallest absolute Gasteiger partial charge is 0.320 e. The molecule has 0 bridgehead atoms. The van der Waals surface area contributed by atoms with Crippen LogP contribution in [-0.4, -0.2) is 33.0 Å². The summed E-state index contributed by atoms with van der Waals surface area (Å²) in [5, 5.41) is 9.51. The van der Waals surface area contributed by atoms with Crippen molar-refractivity contribution in [2.75, 3.05) is 0 Å². The van der Waals surface area contributed by atoms with Gasteiger partial charge in [0.2, 0.25) is 0 Å². The summed E-state index contributed by atoms with van der Waals surface area (Å²) >= 11 is 0. The number of carboxylic acid groups (broad SMARTS) is 1. The monoisotopic (exact) mass is 278 g/mol. The first-order valence-electron chi connectivity index (χ1n) is 7.54. The van der Waals surface area contributed by atoms with E-state index in [1.807, 2.05) is 6.92 Å². The summed E-state index contributed by atoms with van der Waals surface area (Å²) in [5.74, 6) is 0.758. The molecular formula is C15H22N2O3. The minimum absolute atomic E-state index is 0.370. The molecule has 0 radical (unpaired) electrons. The molecule has 1 aliphatic carbocycles. The highest BCUT2D eigenvalue weighted by molar-refractivity contribution is 5.73. The van der Waals surface area contributed by atoms with Crippen molar-refractivity contribution in [3.05, 3.63) is 17.8 Å². The molecule has 1 aromatic rings. The number of aryl methyl sites for hydroxylation is 1. The van der Waals surface area contributed by atoms with Gasteiger partial charge in [-0.05, 0) is 38.5 Å². The molecule has 1 saturated carbocycles. The third kappa shape index (κ3) is 2.46. The summed E-state index contributed by atoms with van der Waals surface area (Å²) in [5.41, 5.74) is 0.877. The zero-order valence-corrected chi connectivity index (χ0v) is 11.9. The largest absolute Gasteiger partial charge is 0.480 e. The maximum atomic E-state index is 11.6. The van der Waals surface area contributed by atoms with Gasteiger partial charge in [0.25, 0.3) is 0 Å². The lowest BCUT2D eigenvalue weighted by molar-refractivity contribution is -0.148. The number of aliphatic carboxylic acids is 1. The van der Waals surface area contributed by atoms with Crippen LogP contribution in [0, 0.1) is 12.8 Å². The molecule has 0 spiro atoms. The van der Waals surface area contributed by atoms with Crippen LogP contribution >= 0.6 is 0 Å². The molecule has 110 valence electrons. The standard InChI is InChI=1S/C15H22N2O3/c1-10-12(16-9-20-10)8-17-13-5-3-2-4-11(13)6-7-14(17)15(18)19/h9,11,13-14H,2-8H2,1H3,(H,18,19). The summed E-state index contributed by atoms with van der Waals surface area (Å²) in [4.78, 5) is 18.0. The molecule has 2 heterocycles. The Bertz CT molecular complexity index is 485. The van der Waals surface area contributed by atoms with Crippen LogP contribution in [-0.2, 0) is 11.3 Å². The number of hydrogen-bond donors (Lipinski definition) is 1. The number of carbonyl (C=O) groups is 1. The topological polar surface area (TPSA) is 66.6 Å².